The minimum Gasteiger partial charge on any atom is -0.492 e. The molecule has 1 aromatic carbocycles. The van der Waals surface area contributed by atoms with E-state index in [4.69, 9.17) is 35.9 Å². The van der Waals surface area contributed by atoms with Crippen molar-refractivity contribution in [3.05, 3.63) is 120 Å². The van der Waals surface area contributed by atoms with Crippen molar-refractivity contribution in [1.82, 2.24) is 24.1 Å². The molecule has 0 aliphatic heterocycles. The van der Waals surface area contributed by atoms with Gasteiger partial charge in [0.15, 0.2) is 0 Å². The highest BCUT2D eigenvalue weighted by Crippen LogP contribution is 2.27. The lowest BCUT2D eigenvalue weighted by atomic mass is 9.95. The lowest BCUT2D eigenvalue weighted by Crippen LogP contribution is -2.39. The van der Waals surface area contributed by atoms with Gasteiger partial charge in [0.1, 0.15) is 24.3 Å². The number of aromatic nitrogens is 3. The van der Waals surface area contributed by atoms with Crippen LogP contribution in [0.1, 0.15) is 52.1 Å². The molecule has 1 heterocycles. The SMILES string of the molecule is C=C(/C=C\C(=C)N(C)CCN(C)C(=C)/C=C\C(=C)n1cnn(C(C)CC)c1=O)OC[C@@H](CC)O[C@@](C)(CN)c1ccccc1.N=CC=N.O=CO. The number of rotatable bonds is 21. The van der Waals surface area contributed by atoms with Gasteiger partial charge in [0, 0.05) is 63.2 Å². The van der Waals surface area contributed by atoms with Crippen molar-refractivity contribution in [2.75, 3.05) is 40.3 Å². The lowest BCUT2D eigenvalue weighted by Gasteiger charge is -2.33. The summed E-state index contributed by atoms with van der Waals surface area (Å²) in [5.41, 5.74) is 8.47. The van der Waals surface area contributed by atoms with Crippen LogP contribution >= 0.6 is 0 Å². The smallest absolute Gasteiger partial charge is 0.350 e. The van der Waals surface area contributed by atoms with E-state index < -0.39 is 5.60 Å². The van der Waals surface area contributed by atoms with Crippen molar-refractivity contribution in [1.29, 1.82) is 10.8 Å². The van der Waals surface area contributed by atoms with Gasteiger partial charge in [-0.05, 0) is 56.6 Å². The summed E-state index contributed by atoms with van der Waals surface area (Å²) in [5, 5.41) is 23.3. The van der Waals surface area contributed by atoms with Crippen LogP contribution in [0.25, 0.3) is 5.70 Å². The largest absolute Gasteiger partial charge is 0.492 e. The first-order valence-electron chi connectivity index (χ1n) is 16.5. The minimum atomic E-state index is -0.599. The van der Waals surface area contributed by atoms with Crippen LogP contribution < -0.4 is 11.4 Å². The summed E-state index contributed by atoms with van der Waals surface area (Å²) in [7, 11) is 3.94. The number of ether oxygens (including phenoxy) is 2. The molecule has 13 nitrogen and oxygen atoms in total. The quantitative estimate of drug-likeness (QED) is 0.0551. The maximum absolute atomic E-state index is 12.6. The Kier molecular flexibility index (Phi) is 22.2. The molecule has 0 fully saturated rings. The number of benzene rings is 1. The number of nitrogens with two attached hydrogens (primary N) is 1. The van der Waals surface area contributed by atoms with Crippen LogP contribution in [0.5, 0.6) is 0 Å². The highest BCUT2D eigenvalue weighted by molar-refractivity contribution is 6.12. The first kappa shape index (κ1) is 45.7. The Morgan fingerprint density at radius 2 is 1.53 bits per heavy atom. The second-order valence-electron chi connectivity index (χ2n) is 11.6. The van der Waals surface area contributed by atoms with Crippen molar-refractivity contribution < 1.29 is 19.4 Å². The van der Waals surface area contributed by atoms with Gasteiger partial charge >= 0.3 is 5.69 Å². The average Bonchev–Trinajstić information content (AvgIpc) is 3.54. The van der Waals surface area contributed by atoms with Crippen molar-refractivity contribution in [2.24, 2.45) is 5.73 Å². The average molecular weight is 707 g/mol. The fraction of sp³-hybridized carbons (Fsp3) is 0.395. The van der Waals surface area contributed by atoms with Crippen LogP contribution in [-0.4, -0.2) is 94.6 Å². The molecule has 0 aliphatic carbocycles. The van der Waals surface area contributed by atoms with Gasteiger partial charge in [-0.3, -0.25) is 9.36 Å². The van der Waals surface area contributed by atoms with Gasteiger partial charge in [-0.15, -0.1) is 0 Å². The first-order chi connectivity index (χ1) is 24.2. The lowest BCUT2D eigenvalue weighted by molar-refractivity contribution is -0.122. The zero-order chi connectivity index (χ0) is 39.0. The summed E-state index contributed by atoms with van der Waals surface area (Å²) in [6.07, 6.45) is 12.1. The number of nitrogens with one attached hydrogen (secondary N) is 2. The number of nitrogens with zero attached hydrogens (tertiary/aromatic N) is 5. The maximum Gasteiger partial charge on any atom is 0.350 e. The van der Waals surface area contributed by atoms with E-state index in [9.17, 15) is 4.79 Å². The Bertz CT molecular complexity index is 1520. The summed E-state index contributed by atoms with van der Waals surface area (Å²) >= 11 is 0. The molecule has 0 saturated heterocycles. The maximum atomic E-state index is 12.6. The third-order valence-electron chi connectivity index (χ3n) is 7.89. The van der Waals surface area contributed by atoms with Gasteiger partial charge < -0.3 is 40.9 Å². The second-order valence-corrected chi connectivity index (χ2v) is 11.6. The number of hydrogen-bond donors (Lipinski definition) is 4. The molecule has 280 valence electrons. The topological polar surface area (TPSA) is 176 Å². The number of likely N-dealkylation sites (N-methyl/N-ethyl adjacent to an activating group) is 2. The molecule has 0 spiro atoms. The van der Waals surface area contributed by atoms with Crippen LogP contribution in [0.3, 0.4) is 0 Å². The summed E-state index contributed by atoms with van der Waals surface area (Å²) in [6, 6.07) is 10.0. The molecule has 3 atom stereocenters. The normalized spacial score (nSPS) is 12.9. The zero-order valence-corrected chi connectivity index (χ0v) is 31.1. The molecule has 0 bridgehead atoms. The van der Waals surface area contributed by atoms with E-state index in [1.807, 2.05) is 93.2 Å². The molecular weight excluding hydrogens is 648 g/mol. The summed E-state index contributed by atoms with van der Waals surface area (Å²) in [4.78, 5) is 25.0. The third kappa shape index (κ3) is 16.3. The van der Waals surface area contributed by atoms with Crippen LogP contribution in [0.2, 0.25) is 0 Å². The molecule has 13 heteroatoms. The van der Waals surface area contributed by atoms with E-state index in [2.05, 4.69) is 38.3 Å². The third-order valence-corrected chi connectivity index (χ3v) is 7.89. The van der Waals surface area contributed by atoms with Gasteiger partial charge in [-0.25, -0.2) is 9.48 Å². The fourth-order valence-corrected chi connectivity index (χ4v) is 4.17. The van der Waals surface area contributed by atoms with E-state index in [1.165, 1.54) is 15.6 Å². The highest BCUT2D eigenvalue weighted by Gasteiger charge is 2.29. The van der Waals surface area contributed by atoms with E-state index >= 15 is 0 Å². The van der Waals surface area contributed by atoms with Gasteiger partial charge in [-0.2, -0.15) is 5.10 Å². The van der Waals surface area contributed by atoms with Crippen molar-refractivity contribution in [3.63, 3.8) is 0 Å². The van der Waals surface area contributed by atoms with Crippen LogP contribution in [0.4, 0.5) is 0 Å². The Labute approximate surface area is 303 Å². The number of allylic oxidation sites excluding steroid dienone is 5. The molecule has 2 rings (SSSR count). The first-order valence-corrected chi connectivity index (χ1v) is 16.5. The molecular formula is C38H58N8O5. The molecule has 1 unspecified atom stereocenters. The molecule has 0 saturated carbocycles. The molecule has 0 amide bonds. The summed E-state index contributed by atoms with van der Waals surface area (Å²) in [6.45, 7) is 26.3. The molecule has 51 heavy (non-hydrogen) atoms. The van der Waals surface area contributed by atoms with Gasteiger partial charge in [0.2, 0.25) is 0 Å². The Hall–Kier alpha value is -5.27. The number of hydrogen-bond acceptors (Lipinski definition) is 10. The number of carboxylic acid groups (broad SMARTS) is 1. The zero-order valence-electron chi connectivity index (χ0n) is 31.1. The van der Waals surface area contributed by atoms with Crippen LogP contribution in [0, 0.1) is 10.8 Å². The van der Waals surface area contributed by atoms with Gasteiger partial charge in [0.25, 0.3) is 6.47 Å². The van der Waals surface area contributed by atoms with Crippen molar-refractivity contribution >= 4 is 24.6 Å². The van der Waals surface area contributed by atoms with Gasteiger partial charge in [0.05, 0.1) is 12.1 Å². The monoisotopic (exact) mass is 706 g/mol. The molecule has 2 aromatic rings. The Morgan fingerprint density at radius 1 is 1.00 bits per heavy atom. The standard InChI is InChI=1S/C35H52N6O3.C2H4N2.CH2O2/c1-11-27(3)41-34(42)40(26-37-41)30(6)19-18-28(4)38(9)22-23-39(10)29(5)20-21-31(7)43-24-33(12-2)44-35(8,25-36)32-16-14-13-15-17-32;3-1-2-4;2-1-3/h13-21,26-27,33H,4-7,11-12,22-25,36H2,1-3,8-10H3;1-4H;1H,(H,2,3)/b19-18-,21-20-;;/t27?,33-,35+;;/m1../s1. The summed E-state index contributed by atoms with van der Waals surface area (Å²) < 4.78 is 15.2. The molecule has 1 aromatic heterocycles. The van der Waals surface area contributed by atoms with E-state index in [-0.39, 0.29) is 24.3 Å². The van der Waals surface area contributed by atoms with Crippen LogP contribution in [0.15, 0.2) is 109 Å². The van der Waals surface area contributed by atoms with Crippen molar-refractivity contribution in [3.8, 4) is 0 Å². The summed E-state index contributed by atoms with van der Waals surface area (Å²) in [5.74, 6) is 0.528. The van der Waals surface area contributed by atoms with E-state index in [1.54, 1.807) is 6.08 Å². The predicted molar refractivity (Wildman–Crippen MR) is 208 cm³/mol. The predicted octanol–water partition coefficient (Wildman–Crippen LogP) is 5.68. The van der Waals surface area contributed by atoms with Gasteiger partial charge in [-0.1, -0.05) is 70.5 Å². The number of carbonyl (C=O) groups is 1. The fourth-order valence-electron chi connectivity index (χ4n) is 4.17. The second kappa shape index (κ2) is 24.8. The Morgan fingerprint density at radius 3 is 2.00 bits per heavy atom. The molecule has 0 radical (unpaired) electrons. The Balaban J connectivity index is 0.00000327. The van der Waals surface area contributed by atoms with Crippen molar-refractivity contribution in [2.45, 2.75) is 58.3 Å². The molecule has 5 N–H and O–H groups in total. The minimum absolute atomic E-state index is 0.0281. The molecule has 0 aliphatic rings. The van der Waals surface area contributed by atoms with E-state index in [0.717, 1.165) is 42.2 Å². The van der Waals surface area contributed by atoms with E-state index in [0.29, 0.717) is 37.7 Å². The highest BCUT2D eigenvalue weighted by atomic mass is 16.5. The van der Waals surface area contributed by atoms with Crippen LogP contribution in [-0.2, 0) is 19.9 Å².